The minimum Gasteiger partial charge on any atom is -0.311 e. The third-order valence-corrected chi connectivity index (χ3v) is 5.25. The molecule has 2 aliphatic rings. The molecule has 0 heterocycles. The van der Waals surface area contributed by atoms with E-state index in [9.17, 15) is 0 Å². The normalized spacial score (nSPS) is 39.4. The van der Waals surface area contributed by atoms with Crippen LogP contribution in [0.3, 0.4) is 0 Å². The first-order chi connectivity index (χ1) is 7.58. The fourth-order valence-electron chi connectivity index (χ4n) is 3.25. The topological polar surface area (TPSA) is 12.0 Å². The molecule has 0 saturated heterocycles. The summed E-state index contributed by atoms with van der Waals surface area (Å²) in [7, 11) is 0. The van der Waals surface area contributed by atoms with Crippen molar-refractivity contribution in [3.63, 3.8) is 0 Å². The molecule has 1 heteroatoms. The summed E-state index contributed by atoms with van der Waals surface area (Å²) in [6, 6.07) is 1.58. The van der Waals surface area contributed by atoms with E-state index in [1.54, 1.807) is 0 Å². The zero-order chi connectivity index (χ0) is 11.7. The average Bonchev–Trinajstić information content (AvgIpc) is 3.05. The summed E-state index contributed by atoms with van der Waals surface area (Å²) in [5, 5.41) is 3.78. The van der Waals surface area contributed by atoms with Gasteiger partial charge in [-0.3, -0.25) is 0 Å². The van der Waals surface area contributed by atoms with Crippen molar-refractivity contribution < 1.29 is 0 Å². The van der Waals surface area contributed by atoms with Crippen molar-refractivity contribution in [2.24, 2.45) is 23.7 Å². The van der Waals surface area contributed by atoms with E-state index in [-0.39, 0.29) is 0 Å². The standard InChI is InChI=1S/C15H29N/c1-10-5-6-14(9-11(10)2)12(3)13(4)16-15-7-8-15/h10-16H,5-9H2,1-4H3. The Morgan fingerprint density at radius 2 is 1.62 bits per heavy atom. The average molecular weight is 223 g/mol. The van der Waals surface area contributed by atoms with Gasteiger partial charge in [0.25, 0.3) is 0 Å². The van der Waals surface area contributed by atoms with Gasteiger partial charge < -0.3 is 5.32 Å². The third kappa shape index (κ3) is 3.00. The van der Waals surface area contributed by atoms with Gasteiger partial charge in [-0.05, 0) is 56.3 Å². The fraction of sp³-hybridized carbons (Fsp3) is 1.00. The Morgan fingerprint density at radius 3 is 2.19 bits per heavy atom. The first-order valence-corrected chi connectivity index (χ1v) is 7.34. The highest BCUT2D eigenvalue weighted by Crippen LogP contribution is 2.38. The highest BCUT2D eigenvalue weighted by molar-refractivity contribution is 4.88. The molecule has 1 nitrogen and oxygen atoms in total. The van der Waals surface area contributed by atoms with E-state index < -0.39 is 0 Å². The molecule has 16 heavy (non-hydrogen) atoms. The number of hydrogen-bond acceptors (Lipinski definition) is 1. The third-order valence-electron chi connectivity index (χ3n) is 5.25. The van der Waals surface area contributed by atoms with Crippen molar-refractivity contribution in [1.29, 1.82) is 0 Å². The summed E-state index contributed by atoms with van der Waals surface area (Å²) in [6.45, 7) is 9.74. The largest absolute Gasteiger partial charge is 0.311 e. The van der Waals surface area contributed by atoms with Crippen LogP contribution >= 0.6 is 0 Å². The number of rotatable bonds is 4. The molecule has 2 saturated carbocycles. The molecule has 0 spiro atoms. The predicted molar refractivity (Wildman–Crippen MR) is 70.5 cm³/mol. The van der Waals surface area contributed by atoms with E-state index in [0.29, 0.717) is 0 Å². The molecule has 2 fully saturated rings. The zero-order valence-corrected chi connectivity index (χ0v) is 11.5. The second-order valence-corrected chi connectivity index (χ2v) is 6.62. The summed E-state index contributed by atoms with van der Waals surface area (Å²) >= 11 is 0. The Kier molecular flexibility index (Phi) is 3.94. The molecule has 94 valence electrons. The van der Waals surface area contributed by atoms with Crippen LogP contribution in [0.1, 0.15) is 59.8 Å². The molecule has 2 aliphatic carbocycles. The Balaban J connectivity index is 1.81. The van der Waals surface area contributed by atoms with Crippen molar-refractivity contribution in [2.75, 3.05) is 0 Å². The summed E-state index contributed by atoms with van der Waals surface area (Å²) in [5.41, 5.74) is 0. The van der Waals surface area contributed by atoms with Crippen LogP contribution in [0.2, 0.25) is 0 Å². The van der Waals surface area contributed by atoms with Gasteiger partial charge >= 0.3 is 0 Å². The zero-order valence-electron chi connectivity index (χ0n) is 11.5. The van der Waals surface area contributed by atoms with Gasteiger partial charge in [-0.2, -0.15) is 0 Å². The molecule has 0 aromatic rings. The lowest BCUT2D eigenvalue weighted by Crippen LogP contribution is -2.39. The van der Waals surface area contributed by atoms with Gasteiger partial charge in [0.05, 0.1) is 0 Å². The first-order valence-electron chi connectivity index (χ1n) is 7.34. The number of nitrogens with one attached hydrogen (secondary N) is 1. The van der Waals surface area contributed by atoms with E-state index >= 15 is 0 Å². The molecule has 0 aliphatic heterocycles. The Hall–Kier alpha value is -0.0400. The van der Waals surface area contributed by atoms with Crippen molar-refractivity contribution in [2.45, 2.75) is 71.9 Å². The molecular weight excluding hydrogens is 194 g/mol. The Morgan fingerprint density at radius 1 is 0.938 bits per heavy atom. The highest BCUT2D eigenvalue weighted by atomic mass is 15.0. The molecule has 0 amide bonds. The second kappa shape index (κ2) is 5.08. The molecule has 5 atom stereocenters. The van der Waals surface area contributed by atoms with Gasteiger partial charge in [0.1, 0.15) is 0 Å². The van der Waals surface area contributed by atoms with Crippen LogP contribution in [0.5, 0.6) is 0 Å². The molecule has 0 radical (unpaired) electrons. The monoisotopic (exact) mass is 223 g/mol. The van der Waals surface area contributed by atoms with E-state index in [2.05, 4.69) is 33.0 Å². The Bertz CT molecular complexity index is 221. The van der Waals surface area contributed by atoms with Crippen molar-refractivity contribution in [3.8, 4) is 0 Å². The van der Waals surface area contributed by atoms with Crippen LogP contribution in [0.25, 0.3) is 0 Å². The van der Waals surface area contributed by atoms with Crippen LogP contribution in [0.15, 0.2) is 0 Å². The number of hydrogen-bond donors (Lipinski definition) is 1. The van der Waals surface area contributed by atoms with Gasteiger partial charge in [0.2, 0.25) is 0 Å². The van der Waals surface area contributed by atoms with Crippen LogP contribution in [-0.2, 0) is 0 Å². The molecule has 1 N–H and O–H groups in total. The van der Waals surface area contributed by atoms with E-state index in [0.717, 1.165) is 35.8 Å². The molecule has 0 bridgehead atoms. The van der Waals surface area contributed by atoms with Crippen LogP contribution in [0.4, 0.5) is 0 Å². The summed E-state index contributed by atoms with van der Waals surface area (Å²) < 4.78 is 0. The van der Waals surface area contributed by atoms with Gasteiger partial charge in [-0.25, -0.2) is 0 Å². The van der Waals surface area contributed by atoms with Crippen molar-refractivity contribution in [1.82, 2.24) is 5.32 Å². The van der Waals surface area contributed by atoms with Crippen LogP contribution < -0.4 is 5.32 Å². The lowest BCUT2D eigenvalue weighted by molar-refractivity contribution is 0.143. The van der Waals surface area contributed by atoms with Crippen molar-refractivity contribution in [3.05, 3.63) is 0 Å². The summed E-state index contributed by atoms with van der Waals surface area (Å²) in [4.78, 5) is 0. The van der Waals surface area contributed by atoms with Gasteiger partial charge in [-0.15, -0.1) is 0 Å². The van der Waals surface area contributed by atoms with Gasteiger partial charge in [-0.1, -0.05) is 27.2 Å². The smallest absolute Gasteiger partial charge is 0.00708 e. The molecular formula is C15H29N. The van der Waals surface area contributed by atoms with Crippen molar-refractivity contribution >= 4 is 0 Å². The highest BCUT2D eigenvalue weighted by Gasteiger charge is 2.32. The summed E-state index contributed by atoms with van der Waals surface area (Å²) in [6.07, 6.45) is 7.19. The predicted octanol–water partition coefficient (Wildman–Crippen LogP) is 3.84. The molecule has 5 unspecified atom stereocenters. The molecule has 0 aromatic carbocycles. The minimum absolute atomic E-state index is 0.720. The van der Waals surface area contributed by atoms with E-state index in [4.69, 9.17) is 0 Å². The maximum atomic E-state index is 3.78. The lowest BCUT2D eigenvalue weighted by atomic mass is 9.70. The first kappa shape index (κ1) is 12.4. The molecule has 0 aromatic heterocycles. The quantitative estimate of drug-likeness (QED) is 0.763. The fourth-order valence-corrected chi connectivity index (χ4v) is 3.25. The van der Waals surface area contributed by atoms with E-state index in [1.807, 2.05) is 0 Å². The maximum Gasteiger partial charge on any atom is 0.00708 e. The Labute approximate surface area is 101 Å². The second-order valence-electron chi connectivity index (χ2n) is 6.62. The summed E-state index contributed by atoms with van der Waals surface area (Å²) in [5.74, 6) is 3.72. The van der Waals surface area contributed by atoms with Gasteiger partial charge in [0, 0.05) is 12.1 Å². The SMILES string of the molecule is CC1CCC(C(C)C(C)NC2CC2)CC1C. The van der Waals surface area contributed by atoms with Crippen LogP contribution in [0, 0.1) is 23.7 Å². The lowest BCUT2D eigenvalue weighted by Gasteiger charge is -2.38. The maximum absolute atomic E-state index is 3.78. The van der Waals surface area contributed by atoms with Gasteiger partial charge in [0.15, 0.2) is 0 Å². The van der Waals surface area contributed by atoms with Crippen LogP contribution in [-0.4, -0.2) is 12.1 Å². The van der Waals surface area contributed by atoms with E-state index in [1.165, 1.54) is 32.1 Å². The minimum atomic E-state index is 0.720. The molecule has 2 rings (SSSR count).